The molecule has 3 rings (SSSR count). The highest BCUT2D eigenvalue weighted by Crippen LogP contribution is 2.18. The molecule has 2 aromatic carbocycles. The molecule has 0 aliphatic rings. The smallest absolute Gasteiger partial charge is 0.248 e. The van der Waals surface area contributed by atoms with Crippen LogP contribution in [0.1, 0.15) is 21.7 Å². The third kappa shape index (κ3) is 4.23. The molecule has 0 aliphatic heterocycles. The molecule has 0 fully saturated rings. The number of amides is 1. The molecule has 5 N–H and O–H groups in total. The van der Waals surface area contributed by atoms with E-state index in [0.717, 1.165) is 11.3 Å². The molecule has 0 unspecified atom stereocenters. The first-order chi connectivity index (χ1) is 12.5. The van der Waals surface area contributed by atoms with Crippen LogP contribution >= 0.6 is 0 Å². The van der Waals surface area contributed by atoms with Crippen LogP contribution in [0, 0.1) is 6.92 Å². The van der Waals surface area contributed by atoms with Crippen LogP contribution in [0.15, 0.2) is 48.5 Å². The molecular formula is C18H18N6O2. The first kappa shape index (κ1) is 17.2. The number of nitrogens with zero attached hydrogens (tertiary/aromatic N) is 3. The van der Waals surface area contributed by atoms with Crippen molar-refractivity contribution >= 4 is 23.5 Å². The molecule has 8 nitrogen and oxygen atoms in total. The number of rotatable bonds is 6. The normalized spacial score (nSPS) is 10.3. The van der Waals surface area contributed by atoms with Gasteiger partial charge in [0, 0.05) is 11.3 Å². The topological polar surface area (TPSA) is 129 Å². The zero-order valence-electron chi connectivity index (χ0n) is 14.1. The minimum absolute atomic E-state index is 0.0961. The summed E-state index contributed by atoms with van der Waals surface area (Å²) in [6, 6.07) is 14.2. The van der Waals surface area contributed by atoms with E-state index in [1.807, 2.05) is 31.2 Å². The summed E-state index contributed by atoms with van der Waals surface area (Å²) < 4.78 is 5.62. The van der Waals surface area contributed by atoms with Gasteiger partial charge in [-0.05, 0) is 42.8 Å². The molecule has 1 heterocycles. The van der Waals surface area contributed by atoms with E-state index in [1.165, 1.54) is 0 Å². The second-order valence-electron chi connectivity index (χ2n) is 5.55. The standard InChI is InChI=1S/C18H18N6O2/c1-11-4-2-3-5-14(11)21-18-23-15(22-17(20)24-18)10-26-13-8-6-12(7-9-13)16(19)25/h2-9H,10H2,1H3,(H2,19,25)(H3,20,21,22,23,24). The Morgan fingerprint density at radius 1 is 1.08 bits per heavy atom. The molecule has 0 radical (unpaired) electrons. The van der Waals surface area contributed by atoms with Crippen LogP contribution in [-0.4, -0.2) is 20.9 Å². The van der Waals surface area contributed by atoms with Crippen molar-refractivity contribution in [3.8, 4) is 5.75 Å². The Morgan fingerprint density at radius 2 is 1.81 bits per heavy atom. The number of aromatic nitrogens is 3. The summed E-state index contributed by atoms with van der Waals surface area (Å²) in [5, 5.41) is 3.12. The lowest BCUT2D eigenvalue weighted by atomic mass is 10.2. The third-order valence-corrected chi connectivity index (χ3v) is 3.60. The molecule has 132 valence electrons. The summed E-state index contributed by atoms with van der Waals surface area (Å²) in [4.78, 5) is 23.6. The lowest BCUT2D eigenvalue weighted by molar-refractivity contribution is 0.1000. The van der Waals surface area contributed by atoms with E-state index in [-0.39, 0.29) is 12.6 Å². The fraction of sp³-hybridized carbons (Fsp3) is 0.111. The molecule has 3 aromatic rings. The largest absolute Gasteiger partial charge is 0.486 e. The van der Waals surface area contributed by atoms with Crippen molar-refractivity contribution in [2.75, 3.05) is 11.1 Å². The SMILES string of the molecule is Cc1ccccc1Nc1nc(N)nc(COc2ccc(C(N)=O)cc2)n1. The van der Waals surface area contributed by atoms with Crippen molar-refractivity contribution in [1.29, 1.82) is 0 Å². The third-order valence-electron chi connectivity index (χ3n) is 3.60. The number of anilines is 3. The monoisotopic (exact) mass is 350 g/mol. The number of para-hydroxylation sites is 1. The summed E-state index contributed by atoms with van der Waals surface area (Å²) in [5.41, 5.74) is 13.3. The van der Waals surface area contributed by atoms with Gasteiger partial charge in [0.25, 0.3) is 0 Å². The molecule has 0 spiro atoms. The summed E-state index contributed by atoms with van der Waals surface area (Å²) in [7, 11) is 0. The van der Waals surface area contributed by atoms with E-state index in [9.17, 15) is 4.79 Å². The van der Waals surface area contributed by atoms with Crippen molar-refractivity contribution in [2.24, 2.45) is 5.73 Å². The summed E-state index contributed by atoms with van der Waals surface area (Å²) >= 11 is 0. The number of hydrogen-bond acceptors (Lipinski definition) is 7. The Balaban J connectivity index is 1.71. The lowest BCUT2D eigenvalue weighted by Crippen LogP contribution is -2.11. The number of carbonyl (C=O) groups excluding carboxylic acids is 1. The van der Waals surface area contributed by atoms with Crippen LogP contribution in [0.4, 0.5) is 17.6 Å². The summed E-state index contributed by atoms with van der Waals surface area (Å²) in [6.45, 7) is 2.08. The number of nitrogen functional groups attached to an aromatic ring is 1. The van der Waals surface area contributed by atoms with Crippen LogP contribution in [0.5, 0.6) is 5.75 Å². The van der Waals surface area contributed by atoms with Crippen LogP contribution < -0.4 is 21.5 Å². The van der Waals surface area contributed by atoms with Gasteiger partial charge < -0.3 is 21.5 Å². The quantitative estimate of drug-likeness (QED) is 0.621. The average Bonchev–Trinajstić information content (AvgIpc) is 2.62. The molecule has 0 atom stereocenters. The maximum absolute atomic E-state index is 11.1. The van der Waals surface area contributed by atoms with E-state index < -0.39 is 5.91 Å². The molecule has 1 amide bonds. The maximum atomic E-state index is 11.1. The van der Waals surface area contributed by atoms with Gasteiger partial charge in [0.05, 0.1) is 0 Å². The van der Waals surface area contributed by atoms with Crippen molar-refractivity contribution in [3.63, 3.8) is 0 Å². The van der Waals surface area contributed by atoms with Crippen LogP contribution in [0.25, 0.3) is 0 Å². The zero-order valence-corrected chi connectivity index (χ0v) is 14.1. The Bertz CT molecular complexity index is 927. The number of aryl methyl sites for hydroxylation is 1. The van der Waals surface area contributed by atoms with Gasteiger partial charge >= 0.3 is 0 Å². The van der Waals surface area contributed by atoms with Crippen molar-refractivity contribution in [3.05, 3.63) is 65.5 Å². The Morgan fingerprint density at radius 3 is 2.50 bits per heavy atom. The molecule has 0 bridgehead atoms. The van der Waals surface area contributed by atoms with Gasteiger partial charge in [-0.2, -0.15) is 15.0 Å². The van der Waals surface area contributed by atoms with Crippen LogP contribution in [0.3, 0.4) is 0 Å². The molecule has 0 saturated heterocycles. The van der Waals surface area contributed by atoms with Crippen molar-refractivity contribution < 1.29 is 9.53 Å². The highest BCUT2D eigenvalue weighted by atomic mass is 16.5. The summed E-state index contributed by atoms with van der Waals surface area (Å²) in [5.74, 6) is 0.886. The fourth-order valence-corrected chi connectivity index (χ4v) is 2.26. The predicted molar refractivity (Wildman–Crippen MR) is 98.0 cm³/mol. The molecule has 0 saturated carbocycles. The molecule has 26 heavy (non-hydrogen) atoms. The van der Waals surface area contributed by atoms with Gasteiger partial charge in [-0.25, -0.2) is 0 Å². The van der Waals surface area contributed by atoms with Gasteiger partial charge in [0.15, 0.2) is 5.82 Å². The number of ether oxygens (including phenoxy) is 1. The minimum atomic E-state index is -0.492. The van der Waals surface area contributed by atoms with Crippen LogP contribution in [0.2, 0.25) is 0 Å². The van der Waals surface area contributed by atoms with E-state index in [4.69, 9.17) is 16.2 Å². The number of nitrogens with two attached hydrogens (primary N) is 2. The Kier molecular flexibility index (Phi) is 4.93. The van der Waals surface area contributed by atoms with E-state index in [0.29, 0.717) is 23.1 Å². The fourth-order valence-electron chi connectivity index (χ4n) is 2.26. The highest BCUT2D eigenvalue weighted by Gasteiger charge is 2.07. The zero-order chi connectivity index (χ0) is 18.5. The Hall–Kier alpha value is -3.68. The molecule has 8 heteroatoms. The second kappa shape index (κ2) is 7.47. The first-order valence-corrected chi connectivity index (χ1v) is 7.87. The van der Waals surface area contributed by atoms with E-state index >= 15 is 0 Å². The Labute approximate surface area is 150 Å². The second-order valence-corrected chi connectivity index (χ2v) is 5.55. The molecular weight excluding hydrogens is 332 g/mol. The van der Waals surface area contributed by atoms with E-state index in [1.54, 1.807) is 24.3 Å². The number of benzene rings is 2. The predicted octanol–water partition coefficient (Wildman–Crippen LogP) is 2.18. The lowest BCUT2D eigenvalue weighted by Gasteiger charge is -2.10. The van der Waals surface area contributed by atoms with E-state index in [2.05, 4.69) is 20.3 Å². The molecule has 1 aromatic heterocycles. The van der Waals surface area contributed by atoms with Gasteiger partial charge in [-0.1, -0.05) is 18.2 Å². The minimum Gasteiger partial charge on any atom is -0.486 e. The number of primary amides is 1. The van der Waals surface area contributed by atoms with Crippen LogP contribution in [-0.2, 0) is 6.61 Å². The van der Waals surface area contributed by atoms with Gasteiger partial charge in [-0.3, -0.25) is 4.79 Å². The number of nitrogens with one attached hydrogen (secondary N) is 1. The van der Waals surface area contributed by atoms with Crippen molar-refractivity contribution in [1.82, 2.24) is 15.0 Å². The highest BCUT2D eigenvalue weighted by molar-refractivity contribution is 5.92. The maximum Gasteiger partial charge on any atom is 0.248 e. The van der Waals surface area contributed by atoms with Crippen molar-refractivity contribution in [2.45, 2.75) is 13.5 Å². The number of carbonyl (C=O) groups is 1. The average molecular weight is 350 g/mol. The number of hydrogen-bond donors (Lipinski definition) is 3. The first-order valence-electron chi connectivity index (χ1n) is 7.87. The van der Waals surface area contributed by atoms with Gasteiger partial charge in [0.1, 0.15) is 12.4 Å². The van der Waals surface area contributed by atoms with Gasteiger partial charge in [-0.15, -0.1) is 0 Å². The molecule has 0 aliphatic carbocycles. The van der Waals surface area contributed by atoms with Gasteiger partial charge in [0.2, 0.25) is 17.8 Å². The summed E-state index contributed by atoms with van der Waals surface area (Å²) in [6.07, 6.45) is 0.